The summed E-state index contributed by atoms with van der Waals surface area (Å²) in [5.41, 5.74) is 15.8. The van der Waals surface area contributed by atoms with Crippen molar-refractivity contribution in [2.45, 2.75) is 166 Å². The Morgan fingerprint density at radius 2 is 0.748 bits per heavy atom. The van der Waals surface area contributed by atoms with E-state index in [1.807, 2.05) is 95.3 Å². The maximum atomic E-state index is 12.5. The van der Waals surface area contributed by atoms with E-state index in [0.717, 1.165) is 83.1 Å². The first-order valence-corrected chi connectivity index (χ1v) is 44.6. The molecule has 2 aliphatic rings. The Morgan fingerprint density at radius 3 is 1.19 bits per heavy atom. The fraction of sp³-hybridized carbons (Fsp3) is 0.286. The predicted octanol–water partition coefficient (Wildman–Crippen LogP) is 13.5. The number of aryl methyl sites for hydroxylation is 8. The minimum atomic E-state index is -0.471. The molecule has 2 aromatic carbocycles. The Bertz CT molecular complexity index is 8950. The number of aromatic nitrogens is 24. The van der Waals surface area contributed by atoms with E-state index in [-0.39, 0.29) is 110 Å². The van der Waals surface area contributed by atoms with Crippen molar-refractivity contribution >= 4 is 103 Å². The van der Waals surface area contributed by atoms with Gasteiger partial charge >= 0.3 is 11.9 Å². The van der Waals surface area contributed by atoms with Gasteiger partial charge in [0.05, 0.1) is 120 Å². The van der Waals surface area contributed by atoms with Gasteiger partial charge in [-0.2, -0.15) is 0 Å². The molecule has 0 bridgehead atoms. The van der Waals surface area contributed by atoms with Gasteiger partial charge in [0.1, 0.15) is 0 Å². The summed E-state index contributed by atoms with van der Waals surface area (Å²) in [6.45, 7) is 80.9. The highest BCUT2D eigenvalue weighted by Crippen LogP contribution is 2.35. The van der Waals surface area contributed by atoms with E-state index >= 15 is 0 Å². The molecule has 0 aliphatic heterocycles. The molecule has 20 rings (SSSR count). The normalized spacial score (nSPS) is 11.5. The molecule has 8 N–H and O–H groups in total. The second-order valence-electron chi connectivity index (χ2n) is 33.1. The lowest BCUT2D eigenvalue weighted by Crippen LogP contribution is -2.24. The SMILES string of the molecule is [C-]#[N+]c1c(C(C)(C)C)[nH]n2c(=O)cc(OCC)nc12.[C-]#[N+]c1c(C)[nH]n2c(=O)c(CC(=O)OCC)c(C)nc12.[C-]#[N+]c1c(C)[nH]n2c(=O)c(CC)c(C)nc12.[C-]#[N+]c1c[nH]n2c(=O)c(CC(=O)OCC)c(C)nc12.[C-]#[N+]c1c[nH]n2c(=O)c(Cc3ccccc3)c(C)nc12.[C-]#[N+]c1c[nH]n2c(=O)c3c(nc12)CCC3.[C-]#[N+]c1c[nH]n2c(=O)c3c(nc12)CCCC3.[C-]#[N+]c1c[nH]n2c(=O)cc(-c3ccccc3)nc12. The Balaban J connectivity index is 0.000000137. The van der Waals surface area contributed by atoms with Gasteiger partial charge in [-0.05, 0) is 125 Å². The molecule has 0 spiro atoms. The molecular weight excluding hydrogens is 1830 g/mol. The zero-order valence-corrected chi connectivity index (χ0v) is 79.8. The van der Waals surface area contributed by atoms with Crippen LogP contribution in [0.3, 0.4) is 0 Å². The number of H-pyrrole nitrogens is 8. The fourth-order valence-corrected chi connectivity index (χ4v) is 15.8. The maximum Gasteiger partial charge on any atom is 0.310 e. The van der Waals surface area contributed by atoms with Crippen LogP contribution in [0.4, 0.5) is 45.5 Å². The zero-order valence-electron chi connectivity index (χ0n) is 79.8. The van der Waals surface area contributed by atoms with E-state index in [1.54, 1.807) is 55.4 Å². The third-order valence-corrected chi connectivity index (χ3v) is 22.8. The molecule has 143 heavy (non-hydrogen) atoms. The lowest BCUT2D eigenvalue weighted by molar-refractivity contribution is -0.143. The number of carbonyl (C=O) groups excluding carboxylic acids is 2. The molecule has 0 fully saturated rings. The van der Waals surface area contributed by atoms with Crippen molar-refractivity contribution in [3.05, 3.63) is 368 Å². The highest BCUT2D eigenvalue weighted by atomic mass is 16.5. The molecular formula is C98H92N32O13. The fourth-order valence-electron chi connectivity index (χ4n) is 15.8. The lowest BCUT2D eigenvalue weighted by atomic mass is 9.91. The highest BCUT2D eigenvalue weighted by molar-refractivity contribution is 5.78. The molecule has 0 saturated heterocycles. The van der Waals surface area contributed by atoms with Gasteiger partial charge in [0.15, 0.2) is 45.2 Å². The summed E-state index contributed by atoms with van der Waals surface area (Å²) in [6.07, 6.45) is 14.8. The number of ether oxygens (including phenoxy) is 3. The molecule has 722 valence electrons. The monoisotopic (exact) mass is 1920 g/mol. The van der Waals surface area contributed by atoms with Gasteiger partial charge in [-0.3, -0.25) is 47.9 Å². The van der Waals surface area contributed by atoms with Gasteiger partial charge in [-0.25, -0.2) is 115 Å². The van der Waals surface area contributed by atoms with E-state index in [1.165, 1.54) is 74.7 Å². The number of esters is 2. The van der Waals surface area contributed by atoms with E-state index < -0.39 is 11.9 Å². The molecule has 0 radical (unpaired) electrons. The Kier molecular flexibility index (Phi) is 30.8. The molecule has 0 amide bonds. The molecule has 0 unspecified atom stereocenters. The van der Waals surface area contributed by atoms with Crippen molar-refractivity contribution in [2.75, 3.05) is 19.8 Å². The summed E-state index contributed by atoms with van der Waals surface area (Å²) in [7, 11) is 0. The topological polar surface area (TPSA) is 498 Å². The van der Waals surface area contributed by atoms with Crippen LogP contribution in [0, 0.1) is 94.1 Å². The number of benzene rings is 2. The van der Waals surface area contributed by atoms with E-state index in [4.69, 9.17) is 66.8 Å². The average molecular weight is 1930 g/mol. The predicted molar refractivity (Wildman–Crippen MR) is 528 cm³/mol. The van der Waals surface area contributed by atoms with Crippen LogP contribution in [0.5, 0.6) is 5.88 Å². The minimum Gasteiger partial charge on any atom is -0.478 e. The molecule has 0 saturated carbocycles. The zero-order chi connectivity index (χ0) is 103. The number of carbonyl (C=O) groups is 2. The highest BCUT2D eigenvalue weighted by Gasteiger charge is 2.28. The Labute approximate surface area is 810 Å². The van der Waals surface area contributed by atoms with Gasteiger partial charge in [-0.15, -0.1) is 0 Å². The number of aromatic amines is 8. The first-order chi connectivity index (χ1) is 68.7. The number of hydrogen-bond donors (Lipinski definition) is 8. The van der Waals surface area contributed by atoms with Gasteiger partial charge in [0, 0.05) is 111 Å². The minimum absolute atomic E-state index is 0.0467. The van der Waals surface area contributed by atoms with Gasteiger partial charge in [-0.1, -0.05) is 88.4 Å². The summed E-state index contributed by atoms with van der Waals surface area (Å²) in [6, 6.07) is 22.0. The van der Waals surface area contributed by atoms with E-state index in [2.05, 4.69) is 119 Å². The smallest absolute Gasteiger partial charge is 0.310 e. The van der Waals surface area contributed by atoms with E-state index in [9.17, 15) is 47.9 Å². The third-order valence-electron chi connectivity index (χ3n) is 22.8. The van der Waals surface area contributed by atoms with Crippen LogP contribution in [0.1, 0.15) is 158 Å². The van der Waals surface area contributed by atoms with Crippen LogP contribution in [-0.4, -0.2) is 149 Å². The van der Waals surface area contributed by atoms with Crippen molar-refractivity contribution in [3.8, 4) is 17.1 Å². The maximum absolute atomic E-state index is 12.5. The van der Waals surface area contributed by atoms with Crippen LogP contribution in [0.25, 0.3) is 95.2 Å². The second-order valence-corrected chi connectivity index (χ2v) is 33.1. The van der Waals surface area contributed by atoms with Gasteiger partial charge in [0.25, 0.3) is 61.5 Å². The number of fused-ring (bicyclic) bond motifs is 10. The van der Waals surface area contributed by atoms with Crippen molar-refractivity contribution in [1.29, 1.82) is 0 Å². The van der Waals surface area contributed by atoms with Gasteiger partial charge in [0.2, 0.25) is 34.3 Å². The van der Waals surface area contributed by atoms with Crippen molar-refractivity contribution in [3.63, 3.8) is 0 Å². The van der Waals surface area contributed by atoms with Crippen LogP contribution >= 0.6 is 0 Å². The third kappa shape index (κ3) is 20.9. The molecule has 0 atom stereocenters. The van der Waals surface area contributed by atoms with E-state index in [0.29, 0.717) is 150 Å². The number of rotatable bonds is 12. The van der Waals surface area contributed by atoms with Crippen molar-refractivity contribution in [2.24, 2.45) is 0 Å². The summed E-state index contributed by atoms with van der Waals surface area (Å²) < 4.78 is 25.2. The largest absolute Gasteiger partial charge is 0.478 e. The van der Waals surface area contributed by atoms with Crippen LogP contribution in [0.2, 0.25) is 0 Å². The molecule has 45 nitrogen and oxygen atoms in total. The number of hydrogen-bond acceptors (Lipinski definition) is 21. The molecule has 45 heteroatoms. The summed E-state index contributed by atoms with van der Waals surface area (Å²) in [4.78, 5) is 181. The molecule has 18 aromatic rings. The summed E-state index contributed by atoms with van der Waals surface area (Å²) in [5.74, 6) is -0.693. The standard InChI is InChI=1S/C15H12N4O.C13H14N4O3.C13H16N4O2.C13H8N4O.C12H12N4O3.C11H10N4O.C11H12N4O.C10H8N4O/c1-10-12(8-11-6-4-3-5-7-11)15(20)19-14(18-10)13(16-2)9-17-19;1-5-20-10(18)6-9-7(2)15-12-11(14-4)8(3)16-17(12)13(9)19;1-6-19-8-7-9(18)17-12(15-8)10(14-5)11(16-17)13(2,3)4;1-14-11-8-15-17-12(18)7-10(16-13(11)17)9-5-3-2-4-6-9;1-4-19-10(17)5-8-7(2)15-11-9(13-3)6-14-16(11)12(8)18;1-12-9-6-13-15-10(9)14-8-5-3-2-4-7(8)11(15)16;1-5-8-6(2)13-10-9(12-4)7(3)14-15(10)11(8)16;1-11-8-5-12-14-9(8)13-7-4-2-3-6(7)10(14)15/h3-7,9,17H,8H2,1H3;16H,5-6H2,1-3H3;7,16H,6H2,1-4H3;2-8,15H;6,14H,4-5H2,1-2H3;6,13H,2-5H2;14H,5H2,1-3H3;5,12H,2-4H2. The molecule has 16 aromatic heterocycles. The summed E-state index contributed by atoms with van der Waals surface area (Å²) in [5, 5.41) is 22.3. The van der Waals surface area contributed by atoms with Crippen molar-refractivity contribution < 1.29 is 23.8 Å². The number of nitrogens with one attached hydrogen (secondary N) is 8. The Morgan fingerprint density at radius 1 is 0.378 bits per heavy atom. The quantitative estimate of drug-likeness (QED) is 0.0416. The van der Waals surface area contributed by atoms with Crippen LogP contribution < -0.4 is 49.2 Å². The lowest BCUT2D eigenvalue weighted by Gasteiger charge is -2.16. The summed E-state index contributed by atoms with van der Waals surface area (Å²) >= 11 is 0. The molecule has 2 aliphatic carbocycles. The first-order valence-electron chi connectivity index (χ1n) is 44.6. The first kappa shape index (κ1) is 101. The van der Waals surface area contributed by atoms with Crippen LogP contribution in [0.15, 0.2) is 142 Å². The van der Waals surface area contributed by atoms with Crippen LogP contribution in [-0.2, 0) is 75.8 Å². The van der Waals surface area contributed by atoms with Crippen molar-refractivity contribution in [1.82, 2.24) is 117 Å². The molecule has 16 heterocycles. The number of nitrogens with zero attached hydrogens (tertiary/aromatic N) is 24. The Hall–Kier alpha value is -19.5. The second kappa shape index (κ2) is 43.6. The van der Waals surface area contributed by atoms with Gasteiger partial charge < -0.3 is 55.0 Å². The average Bonchev–Trinajstić information content (AvgIpc) is 1.61.